The standard InChI is InChI=1S/C7H12O3/c1-7(6(8)9)3-2-4-10-5-7/h2-5H2,1H3,(H,8,9). The average Bonchev–Trinajstić information content (AvgIpc) is 1.89. The van der Waals surface area contributed by atoms with Gasteiger partial charge in [0.1, 0.15) is 0 Å². The average molecular weight is 144 g/mol. The summed E-state index contributed by atoms with van der Waals surface area (Å²) in [5.74, 6) is -0.743. The Kier molecular flexibility index (Phi) is 1.94. The Balaban J connectivity index is 2.56. The van der Waals surface area contributed by atoms with Crippen molar-refractivity contribution in [3.8, 4) is 0 Å². The number of ether oxygens (including phenoxy) is 1. The Bertz CT molecular complexity index is 136. The summed E-state index contributed by atoms with van der Waals surface area (Å²) in [6, 6.07) is 0. The smallest absolute Gasteiger partial charge is 0.311 e. The van der Waals surface area contributed by atoms with Crippen LogP contribution >= 0.6 is 0 Å². The fourth-order valence-corrected chi connectivity index (χ4v) is 1.10. The summed E-state index contributed by atoms with van der Waals surface area (Å²) >= 11 is 0. The molecule has 0 spiro atoms. The predicted octanol–water partition coefficient (Wildman–Crippen LogP) is 0.888. The van der Waals surface area contributed by atoms with Gasteiger partial charge in [-0.2, -0.15) is 0 Å². The van der Waals surface area contributed by atoms with Gasteiger partial charge in [-0.05, 0) is 19.8 Å². The van der Waals surface area contributed by atoms with E-state index in [1.54, 1.807) is 6.92 Å². The van der Waals surface area contributed by atoms with Crippen molar-refractivity contribution in [2.24, 2.45) is 5.41 Å². The molecule has 0 saturated carbocycles. The maximum atomic E-state index is 10.6. The molecule has 1 fully saturated rings. The summed E-state index contributed by atoms with van der Waals surface area (Å²) in [7, 11) is 0. The minimum absolute atomic E-state index is 0.363. The third-order valence-corrected chi connectivity index (χ3v) is 1.95. The zero-order valence-electron chi connectivity index (χ0n) is 6.09. The molecule has 1 rings (SSSR count). The molecule has 0 amide bonds. The molecule has 0 radical (unpaired) electrons. The quantitative estimate of drug-likeness (QED) is 0.594. The third kappa shape index (κ3) is 1.29. The van der Waals surface area contributed by atoms with Crippen LogP contribution in [0.4, 0.5) is 0 Å². The Morgan fingerprint density at radius 2 is 2.40 bits per heavy atom. The molecule has 1 atom stereocenters. The highest BCUT2D eigenvalue weighted by Gasteiger charge is 2.35. The predicted molar refractivity (Wildman–Crippen MR) is 35.8 cm³/mol. The van der Waals surface area contributed by atoms with Crippen molar-refractivity contribution in [3.63, 3.8) is 0 Å². The van der Waals surface area contributed by atoms with Gasteiger partial charge in [0.15, 0.2) is 0 Å². The lowest BCUT2D eigenvalue weighted by atomic mass is 9.85. The first-order valence-corrected chi connectivity index (χ1v) is 3.46. The minimum Gasteiger partial charge on any atom is -0.481 e. The summed E-state index contributed by atoms with van der Waals surface area (Å²) < 4.78 is 5.07. The number of hydrogen-bond acceptors (Lipinski definition) is 2. The number of carbonyl (C=O) groups is 1. The molecule has 1 unspecified atom stereocenters. The summed E-state index contributed by atoms with van der Waals surface area (Å²) in [5.41, 5.74) is -0.627. The first-order chi connectivity index (χ1) is 4.65. The topological polar surface area (TPSA) is 46.5 Å². The van der Waals surface area contributed by atoms with E-state index in [0.29, 0.717) is 13.2 Å². The molecule has 0 bridgehead atoms. The van der Waals surface area contributed by atoms with Crippen LogP contribution in [0.3, 0.4) is 0 Å². The van der Waals surface area contributed by atoms with Gasteiger partial charge in [0.25, 0.3) is 0 Å². The van der Waals surface area contributed by atoms with E-state index >= 15 is 0 Å². The summed E-state index contributed by atoms with van der Waals surface area (Å²) in [6.07, 6.45) is 1.60. The summed E-state index contributed by atoms with van der Waals surface area (Å²) in [6.45, 7) is 2.81. The van der Waals surface area contributed by atoms with E-state index in [1.165, 1.54) is 0 Å². The van der Waals surface area contributed by atoms with Crippen LogP contribution in [0.15, 0.2) is 0 Å². The van der Waals surface area contributed by atoms with Crippen molar-refractivity contribution in [2.75, 3.05) is 13.2 Å². The van der Waals surface area contributed by atoms with Gasteiger partial charge in [0.2, 0.25) is 0 Å². The molecule has 0 aromatic rings. The summed E-state index contributed by atoms with van der Waals surface area (Å²) in [5, 5.41) is 8.72. The number of hydrogen-bond donors (Lipinski definition) is 1. The highest BCUT2D eigenvalue weighted by atomic mass is 16.5. The van der Waals surface area contributed by atoms with Crippen molar-refractivity contribution in [1.29, 1.82) is 0 Å². The van der Waals surface area contributed by atoms with Gasteiger partial charge < -0.3 is 9.84 Å². The maximum absolute atomic E-state index is 10.6. The first kappa shape index (κ1) is 7.54. The van der Waals surface area contributed by atoms with Crippen LogP contribution in [-0.4, -0.2) is 24.3 Å². The number of carboxylic acid groups (broad SMARTS) is 1. The molecule has 1 heterocycles. The molecular weight excluding hydrogens is 132 g/mol. The number of carboxylic acids is 1. The molecule has 10 heavy (non-hydrogen) atoms. The molecular formula is C7H12O3. The monoisotopic (exact) mass is 144 g/mol. The zero-order valence-corrected chi connectivity index (χ0v) is 6.09. The zero-order chi connectivity index (χ0) is 7.61. The second-order valence-corrected chi connectivity index (χ2v) is 3.02. The second-order valence-electron chi connectivity index (χ2n) is 3.02. The largest absolute Gasteiger partial charge is 0.481 e. The molecule has 0 aromatic carbocycles. The van der Waals surface area contributed by atoms with Crippen LogP contribution < -0.4 is 0 Å². The van der Waals surface area contributed by atoms with Crippen LogP contribution in [0.5, 0.6) is 0 Å². The Morgan fingerprint density at radius 1 is 1.70 bits per heavy atom. The lowest BCUT2D eigenvalue weighted by molar-refractivity contribution is -0.155. The van der Waals surface area contributed by atoms with Crippen molar-refractivity contribution < 1.29 is 14.6 Å². The van der Waals surface area contributed by atoms with Crippen LogP contribution in [0.1, 0.15) is 19.8 Å². The Hall–Kier alpha value is -0.570. The van der Waals surface area contributed by atoms with Crippen LogP contribution in [0.2, 0.25) is 0 Å². The molecule has 58 valence electrons. The number of rotatable bonds is 1. The fraction of sp³-hybridized carbons (Fsp3) is 0.857. The molecule has 3 heteroatoms. The second kappa shape index (κ2) is 2.58. The van der Waals surface area contributed by atoms with Crippen LogP contribution in [0.25, 0.3) is 0 Å². The van der Waals surface area contributed by atoms with Gasteiger partial charge in [0.05, 0.1) is 12.0 Å². The lowest BCUT2D eigenvalue weighted by Gasteiger charge is -2.28. The van der Waals surface area contributed by atoms with E-state index in [1.807, 2.05) is 0 Å². The fourth-order valence-electron chi connectivity index (χ4n) is 1.10. The van der Waals surface area contributed by atoms with Crippen molar-refractivity contribution >= 4 is 5.97 Å². The van der Waals surface area contributed by atoms with E-state index in [2.05, 4.69) is 0 Å². The van der Waals surface area contributed by atoms with Gasteiger partial charge in [0, 0.05) is 6.61 Å². The molecule has 3 nitrogen and oxygen atoms in total. The molecule has 0 aromatic heterocycles. The SMILES string of the molecule is CC1(C(=O)O)CCCOC1. The number of aliphatic carboxylic acids is 1. The van der Waals surface area contributed by atoms with Gasteiger partial charge in [-0.3, -0.25) is 4.79 Å². The Morgan fingerprint density at radius 3 is 2.70 bits per heavy atom. The highest BCUT2D eigenvalue weighted by molar-refractivity contribution is 5.74. The van der Waals surface area contributed by atoms with Crippen LogP contribution in [-0.2, 0) is 9.53 Å². The molecule has 1 N–H and O–H groups in total. The highest BCUT2D eigenvalue weighted by Crippen LogP contribution is 2.27. The van der Waals surface area contributed by atoms with E-state index in [0.717, 1.165) is 12.8 Å². The van der Waals surface area contributed by atoms with Gasteiger partial charge in [-0.1, -0.05) is 0 Å². The molecule has 1 aliphatic rings. The van der Waals surface area contributed by atoms with Crippen LogP contribution in [0, 0.1) is 5.41 Å². The Labute approximate surface area is 60.0 Å². The molecule has 0 aliphatic carbocycles. The van der Waals surface area contributed by atoms with Gasteiger partial charge >= 0.3 is 5.97 Å². The van der Waals surface area contributed by atoms with Gasteiger partial charge in [-0.25, -0.2) is 0 Å². The maximum Gasteiger partial charge on any atom is 0.311 e. The molecule has 1 aliphatic heterocycles. The van der Waals surface area contributed by atoms with Gasteiger partial charge in [-0.15, -0.1) is 0 Å². The summed E-state index contributed by atoms with van der Waals surface area (Å²) in [4.78, 5) is 10.6. The van der Waals surface area contributed by atoms with E-state index in [4.69, 9.17) is 9.84 Å². The van der Waals surface area contributed by atoms with E-state index < -0.39 is 11.4 Å². The van der Waals surface area contributed by atoms with Crippen molar-refractivity contribution in [3.05, 3.63) is 0 Å². The minimum atomic E-state index is -0.743. The van der Waals surface area contributed by atoms with Crippen molar-refractivity contribution in [2.45, 2.75) is 19.8 Å². The third-order valence-electron chi connectivity index (χ3n) is 1.95. The first-order valence-electron chi connectivity index (χ1n) is 3.46. The molecule has 1 saturated heterocycles. The lowest BCUT2D eigenvalue weighted by Crippen LogP contribution is -2.36. The van der Waals surface area contributed by atoms with E-state index in [9.17, 15) is 4.79 Å². The van der Waals surface area contributed by atoms with E-state index in [-0.39, 0.29) is 0 Å². The van der Waals surface area contributed by atoms with Crippen molar-refractivity contribution in [1.82, 2.24) is 0 Å². The normalized spacial score (nSPS) is 33.7.